The van der Waals surface area contributed by atoms with Gasteiger partial charge in [-0.25, -0.2) is 12.8 Å². The van der Waals surface area contributed by atoms with Gasteiger partial charge in [-0.2, -0.15) is 4.31 Å². The predicted molar refractivity (Wildman–Crippen MR) is 82.3 cm³/mol. The minimum absolute atomic E-state index is 0.172. The van der Waals surface area contributed by atoms with Gasteiger partial charge in [0.15, 0.2) is 5.75 Å². The van der Waals surface area contributed by atoms with Crippen molar-refractivity contribution in [3.8, 4) is 5.75 Å². The largest absolute Gasteiger partial charge is 0.482 e. The van der Waals surface area contributed by atoms with Crippen molar-refractivity contribution < 1.29 is 22.5 Å². The molecule has 0 unspecified atom stereocenters. The lowest BCUT2D eigenvalue weighted by Crippen LogP contribution is -2.48. The summed E-state index contributed by atoms with van der Waals surface area (Å²) < 4.78 is 43.8. The van der Waals surface area contributed by atoms with Gasteiger partial charge in [-0.1, -0.05) is 6.42 Å². The minimum Gasteiger partial charge on any atom is -0.482 e. The molecule has 0 aliphatic heterocycles. The van der Waals surface area contributed by atoms with Gasteiger partial charge in [0, 0.05) is 19.2 Å². The maximum atomic E-state index is 13.4. The first kappa shape index (κ1) is 17.6. The van der Waals surface area contributed by atoms with E-state index in [9.17, 15) is 22.9 Å². The molecule has 1 saturated carbocycles. The summed E-state index contributed by atoms with van der Waals surface area (Å²) in [7, 11) is -1.96. The van der Waals surface area contributed by atoms with E-state index in [2.05, 4.69) is 0 Å². The molecule has 0 bridgehead atoms. The van der Waals surface area contributed by atoms with Crippen molar-refractivity contribution in [1.29, 1.82) is 0 Å². The summed E-state index contributed by atoms with van der Waals surface area (Å²) in [6.07, 6.45) is 3.36. The summed E-state index contributed by atoms with van der Waals surface area (Å²) in [4.78, 5) is 10.4. The number of halogens is 1. The van der Waals surface area contributed by atoms with E-state index in [0.29, 0.717) is 12.8 Å². The van der Waals surface area contributed by atoms with E-state index in [-0.39, 0.29) is 11.4 Å². The van der Waals surface area contributed by atoms with Crippen LogP contribution in [0.1, 0.15) is 25.7 Å². The third kappa shape index (κ3) is 4.17. The first-order valence-corrected chi connectivity index (χ1v) is 9.08. The average Bonchev–Trinajstić information content (AvgIpc) is 2.46. The number of ether oxygens (including phenoxy) is 1. The van der Waals surface area contributed by atoms with Crippen molar-refractivity contribution in [2.24, 2.45) is 0 Å². The van der Waals surface area contributed by atoms with Gasteiger partial charge in [-0.3, -0.25) is 10.1 Å². The number of likely N-dealkylation sites (N-methyl/N-ethyl adjacent to an activating group) is 1. The molecule has 1 aromatic rings. The SMILES string of the molecule is CN([C@H]1CCCC[C@@H]1Oc1cc(F)ccc1[N+](=O)[O-])S(C)(=O)=O. The van der Waals surface area contributed by atoms with Crippen LogP contribution >= 0.6 is 0 Å². The van der Waals surface area contributed by atoms with E-state index >= 15 is 0 Å². The summed E-state index contributed by atoms with van der Waals surface area (Å²) in [6.45, 7) is 0. The highest BCUT2D eigenvalue weighted by atomic mass is 32.2. The van der Waals surface area contributed by atoms with Gasteiger partial charge in [0.2, 0.25) is 10.0 Å². The van der Waals surface area contributed by atoms with Crippen LogP contribution in [0, 0.1) is 15.9 Å². The smallest absolute Gasteiger partial charge is 0.311 e. The summed E-state index contributed by atoms with van der Waals surface area (Å²) >= 11 is 0. The molecule has 0 radical (unpaired) electrons. The quantitative estimate of drug-likeness (QED) is 0.603. The summed E-state index contributed by atoms with van der Waals surface area (Å²) in [5.74, 6) is -0.816. The molecule has 0 saturated heterocycles. The van der Waals surface area contributed by atoms with Crippen molar-refractivity contribution >= 4 is 15.7 Å². The van der Waals surface area contributed by atoms with Crippen LogP contribution in [0.3, 0.4) is 0 Å². The van der Waals surface area contributed by atoms with E-state index in [0.717, 1.165) is 37.3 Å². The van der Waals surface area contributed by atoms with Crippen LogP contribution in [0.5, 0.6) is 5.75 Å². The molecular weight excluding hydrogens is 327 g/mol. The number of nitro groups is 1. The first-order chi connectivity index (χ1) is 10.7. The number of hydrogen-bond donors (Lipinski definition) is 0. The molecular formula is C14H19FN2O5S. The van der Waals surface area contributed by atoms with Crippen LogP contribution in [0.4, 0.5) is 10.1 Å². The number of nitrogens with zero attached hydrogens (tertiary/aromatic N) is 2. The van der Waals surface area contributed by atoms with Crippen molar-refractivity contribution in [1.82, 2.24) is 4.31 Å². The van der Waals surface area contributed by atoms with Gasteiger partial charge < -0.3 is 4.74 Å². The van der Waals surface area contributed by atoms with Gasteiger partial charge in [-0.05, 0) is 25.3 Å². The number of rotatable bonds is 5. The molecule has 0 spiro atoms. The molecule has 23 heavy (non-hydrogen) atoms. The second-order valence-electron chi connectivity index (χ2n) is 5.66. The van der Waals surface area contributed by atoms with Crippen LogP contribution in [0.15, 0.2) is 18.2 Å². The Kier molecular flexibility index (Phi) is 5.20. The maximum absolute atomic E-state index is 13.4. The molecule has 2 rings (SSSR count). The lowest BCUT2D eigenvalue weighted by Gasteiger charge is -2.36. The van der Waals surface area contributed by atoms with Gasteiger partial charge in [-0.15, -0.1) is 0 Å². The molecule has 7 nitrogen and oxygen atoms in total. The average molecular weight is 346 g/mol. The fourth-order valence-electron chi connectivity index (χ4n) is 2.77. The maximum Gasteiger partial charge on any atom is 0.311 e. The van der Waals surface area contributed by atoms with E-state index in [1.807, 2.05) is 0 Å². The normalized spacial score (nSPS) is 22.1. The Morgan fingerprint density at radius 2 is 2.00 bits per heavy atom. The van der Waals surface area contributed by atoms with Crippen LogP contribution in [0.2, 0.25) is 0 Å². The molecule has 1 aliphatic carbocycles. The summed E-state index contributed by atoms with van der Waals surface area (Å²) in [5, 5.41) is 11.0. The van der Waals surface area contributed by atoms with Gasteiger partial charge in [0.1, 0.15) is 11.9 Å². The Morgan fingerprint density at radius 3 is 2.61 bits per heavy atom. The Labute approximate surface area is 134 Å². The second-order valence-corrected chi connectivity index (χ2v) is 7.70. The Hall–Kier alpha value is -1.74. The fourth-order valence-corrected chi connectivity index (χ4v) is 3.51. The Balaban J connectivity index is 2.30. The van der Waals surface area contributed by atoms with Crippen molar-refractivity contribution in [3.05, 3.63) is 34.1 Å². The molecule has 9 heteroatoms. The van der Waals surface area contributed by atoms with Gasteiger partial charge >= 0.3 is 5.69 Å². The molecule has 2 atom stereocenters. The molecule has 1 aliphatic rings. The molecule has 1 fully saturated rings. The zero-order valence-corrected chi connectivity index (χ0v) is 13.8. The summed E-state index contributed by atoms with van der Waals surface area (Å²) in [6, 6.07) is 2.57. The number of hydrogen-bond acceptors (Lipinski definition) is 5. The lowest BCUT2D eigenvalue weighted by atomic mass is 9.92. The van der Waals surface area contributed by atoms with Crippen LogP contribution < -0.4 is 4.74 Å². The Morgan fingerprint density at radius 1 is 1.35 bits per heavy atom. The predicted octanol–water partition coefficient (Wildman–Crippen LogP) is 2.32. The van der Waals surface area contributed by atoms with E-state index < -0.39 is 32.9 Å². The molecule has 128 valence electrons. The highest BCUT2D eigenvalue weighted by molar-refractivity contribution is 7.88. The van der Waals surface area contributed by atoms with Crippen molar-refractivity contribution in [3.63, 3.8) is 0 Å². The van der Waals surface area contributed by atoms with Gasteiger partial charge in [0.05, 0.1) is 17.2 Å². The minimum atomic E-state index is -3.42. The zero-order valence-electron chi connectivity index (χ0n) is 12.9. The molecule has 0 amide bonds. The van der Waals surface area contributed by atoms with Crippen LogP contribution in [0.25, 0.3) is 0 Å². The third-order valence-electron chi connectivity index (χ3n) is 4.05. The van der Waals surface area contributed by atoms with E-state index in [4.69, 9.17) is 4.74 Å². The van der Waals surface area contributed by atoms with E-state index in [1.54, 1.807) is 0 Å². The van der Waals surface area contributed by atoms with Crippen LogP contribution in [-0.4, -0.2) is 43.1 Å². The van der Waals surface area contributed by atoms with E-state index in [1.165, 1.54) is 11.4 Å². The van der Waals surface area contributed by atoms with Crippen molar-refractivity contribution in [2.45, 2.75) is 37.8 Å². The zero-order chi connectivity index (χ0) is 17.2. The topological polar surface area (TPSA) is 89.8 Å². The first-order valence-electron chi connectivity index (χ1n) is 7.23. The highest BCUT2D eigenvalue weighted by Gasteiger charge is 2.35. The highest BCUT2D eigenvalue weighted by Crippen LogP contribution is 2.33. The molecule has 0 N–H and O–H groups in total. The lowest BCUT2D eigenvalue weighted by molar-refractivity contribution is -0.386. The monoisotopic (exact) mass is 346 g/mol. The number of nitro benzene ring substituents is 1. The fraction of sp³-hybridized carbons (Fsp3) is 0.571. The van der Waals surface area contributed by atoms with Gasteiger partial charge in [0.25, 0.3) is 0 Å². The molecule has 1 aromatic carbocycles. The number of benzene rings is 1. The number of sulfonamides is 1. The third-order valence-corrected chi connectivity index (χ3v) is 5.37. The van der Waals surface area contributed by atoms with Crippen LogP contribution in [-0.2, 0) is 10.0 Å². The molecule has 0 aromatic heterocycles. The summed E-state index contributed by atoms with van der Waals surface area (Å²) in [5.41, 5.74) is -0.335. The molecule has 0 heterocycles. The standard InChI is InChI=1S/C14H19FN2O5S/c1-16(23(2,20)21)11-5-3-4-6-13(11)22-14-9-10(15)7-8-12(14)17(18)19/h7-9,11,13H,3-6H2,1-2H3/t11-,13-/m0/s1. The second kappa shape index (κ2) is 6.79. The Bertz CT molecular complexity index is 694. The van der Waals surface area contributed by atoms with Crippen molar-refractivity contribution in [2.75, 3.05) is 13.3 Å².